The van der Waals surface area contributed by atoms with Crippen molar-refractivity contribution in [3.05, 3.63) is 93.1 Å². The van der Waals surface area contributed by atoms with E-state index in [-0.39, 0.29) is 5.78 Å². The molecule has 0 fully saturated rings. The van der Waals surface area contributed by atoms with Crippen molar-refractivity contribution in [2.24, 2.45) is 0 Å². The molecule has 5 heteroatoms. The number of hydrogen-bond donors (Lipinski definition) is 0. The summed E-state index contributed by atoms with van der Waals surface area (Å²) < 4.78 is 18.2. The molecule has 1 aliphatic heterocycles. The Kier molecular flexibility index (Phi) is 5.41. The number of para-hydroxylation sites is 1. The Morgan fingerprint density at radius 2 is 1.83 bits per heavy atom. The molecule has 0 atom stereocenters. The lowest BCUT2D eigenvalue weighted by molar-refractivity contribution is 0.101. The fourth-order valence-electron chi connectivity index (χ4n) is 3.25. The maximum atomic E-state index is 12.8. The second-order valence-corrected chi connectivity index (χ2v) is 7.62. The van der Waals surface area contributed by atoms with Gasteiger partial charge < -0.3 is 14.2 Å². The molecule has 0 aliphatic carbocycles. The first-order valence-electron chi connectivity index (χ1n) is 9.14. The number of methoxy groups -OCH3 is 1. The SMILES string of the molecule is COc1ccccc1COc1cc(C)c2c(c1)O/C(=C\c1ccc(Br)cc1)C2=O. The van der Waals surface area contributed by atoms with Crippen molar-refractivity contribution >= 4 is 27.8 Å². The third-order valence-corrected chi connectivity index (χ3v) is 5.23. The molecule has 4 rings (SSSR count). The van der Waals surface area contributed by atoms with Gasteiger partial charge in [-0.1, -0.05) is 46.3 Å². The van der Waals surface area contributed by atoms with Crippen molar-refractivity contribution in [3.63, 3.8) is 0 Å². The van der Waals surface area contributed by atoms with E-state index in [0.717, 1.165) is 26.9 Å². The van der Waals surface area contributed by atoms with Gasteiger partial charge in [0.05, 0.1) is 12.7 Å². The van der Waals surface area contributed by atoms with Crippen molar-refractivity contribution in [1.82, 2.24) is 0 Å². The van der Waals surface area contributed by atoms with E-state index in [4.69, 9.17) is 14.2 Å². The summed E-state index contributed by atoms with van der Waals surface area (Å²) in [7, 11) is 1.64. The Bertz CT molecular complexity index is 1100. The summed E-state index contributed by atoms with van der Waals surface area (Å²) in [4.78, 5) is 12.8. The third-order valence-electron chi connectivity index (χ3n) is 4.70. The number of allylic oxidation sites excluding steroid dienone is 1. The topological polar surface area (TPSA) is 44.8 Å². The van der Waals surface area contributed by atoms with E-state index in [9.17, 15) is 4.79 Å². The van der Waals surface area contributed by atoms with Crippen molar-refractivity contribution < 1.29 is 19.0 Å². The molecule has 0 bridgehead atoms. The summed E-state index contributed by atoms with van der Waals surface area (Å²) in [6, 6.07) is 19.0. The Hall–Kier alpha value is -3.05. The molecule has 4 nitrogen and oxygen atoms in total. The van der Waals surface area contributed by atoms with E-state index in [1.54, 1.807) is 19.3 Å². The maximum Gasteiger partial charge on any atom is 0.232 e. The lowest BCUT2D eigenvalue weighted by Crippen LogP contribution is -2.00. The number of rotatable bonds is 5. The number of halogens is 1. The highest BCUT2D eigenvalue weighted by atomic mass is 79.9. The van der Waals surface area contributed by atoms with Crippen molar-refractivity contribution in [1.29, 1.82) is 0 Å². The molecule has 0 saturated heterocycles. The van der Waals surface area contributed by atoms with Crippen LogP contribution in [0, 0.1) is 6.92 Å². The molecule has 0 radical (unpaired) electrons. The number of carbonyl (C=O) groups is 1. The molecule has 0 amide bonds. The fourth-order valence-corrected chi connectivity index (χ4v) is 3.52. The van der Waals surface area contributed by atoms with Gasteiger partial charge in [-0.2, -0.15) is 0 Å². The van der Waals surface area contributed by atoms with Gasteiger partial charge in [0.15, 0.2) is 5.76 Å². The summed E-state index contributed by atoms with van der Waals surface area (Å²) in [5.41, 5.74) is 3.25. The Morgan fingerprint density at radius 1 is 1.07 bits per heavy atom. The number of aryl methyl sites for hydroxylation is 1. The van der Waals surface area contributed by atoms with Crippen LogP contribution >= 0.6 is 15.9 Å². The first-order valence-corrected chi connectivity index (χ1v) is 9.93. The molecule has 0 aromatic heterocycles. The summed E-state index contributed by atoms with van der Waals surface area (Å²) in [5.74, 6) is 2.14. The highest BCUT2D eigenvalue weighted by Gasteiger charge is 2.30. The lowest BCUT2D eigenvalue weighted by Gasteiger charge is -2.11. The van der Waals surface area contributed by atoms with Gasteiger partial charge in [0.25, 0.3) is 0 Å². The zero-order chi connectivity index (χ0) is 20.4. The zero-order valence-corrected chi connectivity index (χ0v) is 17.7. The molecule has 0 spiro atoms. The molecule has 1 heterocycles. The van der Waals surface area contributed by atoms with Crippen LogP contribution in [0.5, 0.6) is 17.2 Å². The van der Waals surface area contributed by atoms with Crippen LogP contribution in [0.15, 0.2) is 70.9 Å². The van der Waals surface area contributed by atoms with E-state index in [0.29, 0.717) is 29.4 Å². The van der Waals surface area contributed by atoms with Crippen LogP contribution in [0.2, 0.25) is 0 Å². The lowest BCUT2D eigenvalue weighted by atomic mass is 10.0. The number of ether oxygens (including phenoxy) is 3. The first kappa shape index (κ1) is 19.3. The summed E-state index contributed by atoms with van der Waals surface area (Å²) >= 11 is 3.41. The molecule has 29 heavy (non-hydrogen) atoms. The summed E-state index contributed by atoms with van der Waals surface area (Å²) in [6.45, 7) is 2.25. The molecule has 0 saturated carbocycles. The van der Waals surface area contributed by atoms with Crippen molar-refractivity contribution in [2.75, 3.05) is 7.11 Å². The molecule has 3 aromatic rings. The second-order valence-electron chi connectivity index (χ2n) is 6.71. The number of hydrogen-bond acceptors (Lipinski definition) is 4. The van der Waals surface area contributed by atoms with Crippen LogP contribution in [0.1, 0.15) is 27.0 Å². The number of fused-ring (bicyclic) bond motifs is 1. The van der Waals surface area contributed by atoms with Gasteiger partial charge in [0, 0.05) is 16.1 Å². The van der Waals surface area contributed by atoms with Gasteiger partial charge in [-0.3, -0.25) is 4.79 Å². The van der Waals surface area contributed by atoms with Crippen LogP contribution in [0.4, 0.5) is 0 Å². The van der Waals surface area contributed by atoms with Crippen LogP contribution in [-0.2, 0) is 6.61 Å². The van der Waals surface area contributed by atoms with Crippen LogP contribution < -0.4 is 14.2 Å². The molecule has 146 valence electrons. The number of benzene rings is 3. The molecular weight excluding hydrogens is 432 g/mol. The van der Waals surface area contributed by atoms with E-state index in [1.165, 1.54) is 0 Å². The first-order chi connectivity index (χ1) is 14.0. The standard InChI is InChI=1S/C24H19BrO4/c1-15-11-19(28-14-17-5-3-4-6-20(17)27-2)13-21-23(15)24(26)22(29-21)12-16-7-9-18(25)10-8-16/h3-13H,14H2,1-2H3/b22-12-. The van der Waals surface area contributed by atoms with Crippen LogP contribution in [0.25, 0.3) is 6.08 Å². The average Bonchev–Trinajstić information content (AvgIpc) is 3.04. The molecule has 1 aliphatic rings. The number of Topliss-reactive ketones (excluding diaryl/α,β-unsaturated/α-hetero) is 1. The van der Waals surface area contributed by atoms with Crippen LogP contribution in [-0.4, -0.2) is 12.9 Å². The zero-order valence-electron chi connectivity index (χ0n) is 16.1. The number of ketones is 1. The molecule has 0 N–H and O–H groups in total. The highest BCUT2D eigenvalue weighted by Crippen LogP contribution is 2.38. The smallest absolute Gasteiger partial charge is 0.232 e. The maximum absolute atomic E-state index is 12.8. The highest BCUT2D eigenvalue weighted by molar-refractivity contribution is 9.10. The minimum Gasteiger partial charge on any atom is -0.496 e. The van der Waals surface area contributed by atoms with Gasteiger partial charge >= 0.3 is 0 Å². The average molecular weight is 451 g/mol. The van der Waals surface area contributed by atoms with Gasteiger partial charge in [0.2, 0.25) is 5.78 Å². The van der Waals surface area contributed by atoms with E-state index >= 15 is 0 Å². The van der Waals surface area contributed by atoms with E-state index in [1.807, 2.05) is 61.5 Å². The Morgan fingerprint density at radius 3 is 2.59 bits per heavy atom. The predicted octanol–water partition coefficient (Wildman–Crippen LogP) is 5.96. The molecule has 0 unspecified atom stereocenters. The number of carbonyl (C=O) groups excluding carboxylic acids is 1. The summed E-state index contributed by atoms with van der Waals surface area (Å²) in [6.07, 6.45) is 1.75. The normalized spacial score (nSPS) is 13.9. The predicted molar refractivity (Wildman–Crippen MR) is 116 cm³/mol. The van der Waals surface area contributed by atoms with Gasteiger partial charge in [-0.05, 0) is 48.4 Å². The van der Waals surface area contributed by atoms with Crippen LogP contribution in [0.3, 0.4) is 0 Å². The minimum absolute atomic E-state index is 0.114. The van der Waals surface area contributed by atoms with E-state index in [2.05, 4.69) is 15.9 Å². The second kappa shape index (κ2) is 8.13. The third kappa shape index (κ3) is 4.05. The van der Waals surface area contributed by atoms with Gasteiger partial charge in [-0.15, -0.1) is 0 Å². The van der Waals surface area contributed by atoms with Gasteiger partial charge in [0.1, 0.15) is 23.9 Å². The largest absolute Gasteiger partial charge is 0.496 e. The Labute approximate surface area is 177 Å². The molecule has 3 aromatic carbocycles. The summed E-state index contributed by atoms with van der Waals surface area (Å²) in [5, 5.41) is 0. The quantitative estimate of drug-likeness (QED) is 0.449. The fraction of sp³-hybridized carbons (Fsp3) is 0.125. The molecular formula is C24H19BrO4. The Balaban J connectivity index is 1.57. The van der Waals surface area contributed by atoms with E-state index < -0.39 is 0 Å². The van der Waals surface area contributed by atoms with Gasteiger partial charge in [-0.25, -0.2) is 0 Å². The van der Waals surface area contributed by atoms with Crippen molar-refractivity contribution in [3.8, 4) is 17.2 Å². The van der Waals surface area contributed by atoms with Crippen molar-refractivity contribution in [2.45, 2.75) is 13.5 Å². The minimum atomic E-state index is -0.114. The monoisotopic (exact) mass is 450 g/mol.